The summed E-state index contributed by atoms with van der Waals surface area (Å²) >= 11 is 0. The van der Waals surface area contributed by atoms with Crippen LogP contribution < -0.4 is 14.8 Å². The fourth-order valence-electron chi connectivity index (χ4n) is 4.77. The van der Waals surface area contributed by atoms with Crippen LogP contribution in [0.5, 0.6) is 11.5 Å². The Morgan fingerprint density at radius 1 is 1.03 bits per heavy atom. The van der Waals surface area contributed by atoms with Gasteiger partial charge in [0.25, 0.3) is 0 Å². The first-order chi connectivity index (χ1) is 16.2. The number of hydrogen-bond donors (Lipinski definition) is 1. The monoisotopic (exact) mass is 473 g/mol. The largest absolute Gasteiger partial charge is 0.586 e. The normalized spacial score (nSPS) is 25.9. The summed E-state index contributed by atoms with van der Waals surface area (Å²) in [5, 5.41) is 3.16. The number of rotatable bonds is 5. The number of alkyl halides is 2. The standard InChI is InChI=1S/C25H25F2NO6/c1-14-11-18(13-20(32-14)15-3-5-16(6-4-15)22(29)31-2)28-23(30)24(9-10-24)17-7-8-19-21(12-17)34-25(26,27)33-19/h3-8,12,14,18,20H,9-11,13H2,1-2H3,(H,28,30)/t14-,18-,20-/m1/s1. The van der Waals surface area contributed by atoms with E-state index < -0.39 is 17.7 Å². The minimum atomic E-state index is -3.69. The number of nitrogens with one attached hydrogen (secondary N) is 1. The van der Waals surface area contributed by atoms with Crippen molar-refractivity contribution in [2.24, 2.45) is 0 Å². The molecule has 2 fully saturated rings. The first-order valence-corrected chi connectivity index (χ1v) is 11.2. The van der Waals surface area contributed by atoms with Crippen molar-refractivity contribution in [2.45, 2.75) is 62.6 Å². The lowest BCUT2D eigenvalue weighted by Gasteiger charge is -2.35. The van der Waals surface area contributed by atoms with E-state index in [1.165, 1.54) is 19.2 Å². The maximum absolute atomic E-state index is 13.4. The van der Waals surface area contributed by atoms with Gasteiger partial charge < -0.3 is 24.3 Å². The zero-order chi connectivity index (χ0) is 24.1. The number of amides is 1. The number of halogens is 2. The molecule has 1 N–H and O–H groups in total. The Kier molecular flexibility index (Phi) is 5.47. The summed E-state index contributed by atoms with van der Waals surface area (Å²) in [6, 6.07) is 11.5. The van der Waals surface area contributed by atoms with E-state index in [2.05, 4.69) is 14.8 Å². The predicted octanol–water partition coefficient (Wildman–Crippen LogP) is 4.25. The second-order valence-electron chi connectivity index (χ2n) is 9.10. The van der Waals surface area contributed by atoms with Crippen molar-refractivity contribution in [1.29, 1.82) is 0 Å². The first kappa shape index (κ1) is 22.6. The van der Waals surface area contributed by atoms with Crippen LogP contribution in [0.25, 0.3) is 0 Å². The lowest BCUT2D eigenvalue weighted by molar-refractivity contribution is -0.286. The summed E-state index contributed by atoms with van der Waals surface area (Å²) in [6.07, 6.45) is -1.50. The van der Waals surface area contributed by atoms with E-state index in [1.54, 1.807) is 18.2 Å². The Bertz CT molecular complexity index is 1110. The molecule has 2 aliphatic heterocycles. The molecular weight excluding hydrogens is 448 g/mol. The van der Waals surface area contributed by atoms with Crippen molar-refractivity contribution >= 4 is 11.9 Å². The van der Waals surface area contributed by atoms with E-state index in [0.717, 1.165) is 5.56 Å². The van der Waals surface area contributed by atoms with Crippen LogP contribution in [-0.4, -0.2) is 37.4 Å². The molecule has 0 spiro atoms. The molecule has 34 heavy (non-hydrogen) atoms. The summed E-state index contributed by atoms with van der Waals surface area (Å²) in [6.45, 7) is 1.96. The average molecular weight is 473 g/mol. The molecule has 180 valence electrons. The van der Waals surface area contributed by atoms with Crippen LogP contribution in [0.2, 0.25) is 0 Å². The number of ether oxygens (including phenoxy) is 4. The number of methoxy groups -OCH3 is 1. The van der Waals surface area contributed by atoms with E-state index in [9.17, 15) is 18.4 Å². The number of hydrogen-bond acceptors (Lipinski definition) is 6. The van der Waals surface area contributed by atoms with Gasteiger partial charge >= 0.3 is 12.3 Å². The van der Waals surface area contributed by atoms with Crippen LogP contribution in [0.15, 0.2) is 42.5 Å². The van der Waals surface area contributed by atoms with Gasteiger partial charge in [-0.25, -0.2) is 4.79 Å². The number of carbonyl (C=O) groups is 2. The summed E-state index contributed by atoms with van der Waals surface area (Å²) in [4.78, 5) is 25.0. The van der Waals surface area contributed by atoms with Gasteiger partial charge in [-0.1, -0.05) is 18.2 Å². The average Bonchev–Trinajstić information content (AvgIpc) is 3.55. The lowest BCUT2D eigenvalue weighted by Crippen LogP contribution is -2.46. The molecule has 0 unspecified atom stereocenters. The molecule has 7 nitrogen and oxygen atoms in total. The van der Waals surface area contributed by atoms with Crippen molar-refractivity contribution in [3.05, 3.63) is 59.2 Å². The number of esters is 1. The zero-order valence-electron chi connectivity index (χ0n) is 18.8. The maximum atomic E-state index is 13.4. The molecule has 1 aliphatic carbocycles. The van der Waals surface area contributed by atoms with Gasteiger partial charge in [0.1, 0.15) is 0 Å². The molecule has 0 bridgehead atoms. The van der Waals surface area contributed by atoms with Crippen molar-refractivity contribution in [1.82, 2.24) is 5.32 Å². The molecule has 9 heteroatoms. The van der Waals surface area contributed by atoms with E-state index in [1.807, 2.05) is 19.1 Å². The topological polar surface area (TPSA) is 83.1 Å². The number of carbonyl (C=O) groups excluding carboxylic acids is 2. The van der Waals surface area contributed by atoms with E-state index in [0.29, 0.717) is 36.8 Å². The van der Waals surface area contributed by atoms with E-state index in [4.69, 9.17) is 9.47 Å². The number of benzene rings is 2. The molecule has 2 heterocycles. The summed E-state index contributed by atoms with van der Waals surface area (Å²) in [7, 11) is 1.33. The molecule has 2 aromatic carbocycles. The van der Waals surface area contributed by atoms with Gasteiger partial charge in [-0.2, -0.15) is 0 Å². The Morgan fingerprint density at radius 2 is 1.74 bits per heavy atom. The van der Waals surface area contributed by atoms with Crippen LogP contribution >= 0.6 is 0 Å². The van der Waals surface area contributed by atoms with Gasteiger partial charge in [0.15, 0.2) is 11.5 Å². The molecule has 3 aliphatic rings. The molecule has 2 aromatic rings. The molecule has 0 aromatic heterocycles. The van der Waals surface area contributed by atoms with Crippen LogP contribution in [0.1, 0.15) is 60.2 Å². The fourth-order valence-corrected chi connectivity index (χ4v) is 4.77. The summed E-state index contributed by atoms with van der Waals surface area (Å²) in [5.41, 5.74) is 1.25. The zero-order valence-corrected chi connectivity index (χ0v) is 18.8. The third-order valence-electron chi connectivity index (χ3n) is 6.69. The second-order valence-corrected chi connectivity index (χ2v) is 9.10. The number of fused-ring (bicyclic) bond motifs is 1. The van der Waals surface area contributed by atoms with Gasteiger partial charge in [0, 0.05) is 6.04 Å². The quantitative estimate of drug-likeness (QED) is 0.654. The van der Waals surface area contributed by atoms with Crippen molar-refractivity contribution in [2.75, 3.05) is 7.11 Å². The SMILES string of the molecule is COC(=O)c1ccc([C@H]2C[C@H](NC(=O)C3(c4ccc5c(c4)OC(F)(F)O5)CC3)C[C@@H](C)O2)cc1. The van der Waals surface area contributed by atoms with Crippen LogP contribution in [0, 0.1) is 0 Å². The van der Waals surface area contributed by atoms with E-state index >= 15 is 0 Å². The van der Waals surface area contributed by atoms with Crippen LogP contribution in [-0.2, 0) is 19.7 Å². The molecule has 0 radical (unpaired) electrons. The highest BCUT2D eigenvalue weighted by molar-refractivity contribution is 5.91. The van der Waals surface area contributed by atoms with E-state index in [-0.39, 0.29) is 35.7 Å². The van der Waals surface area contributed by atoms with Crippen LogP contribution in [0.4, 0.5) is 8.78 Å². The fraction of sp³-hybridized carbons (Fsp3) is 0.440. The maximum Gasteiger partial charge on any atom is 0.586 e. The third-order valence-corrected chi connectivity index (χ3v) is 6.69. The Morgan fingerprint density at radius 3 is 2.41 bits per heavy atom. The predicted molar refractivity (Wildman–Crippen MR) is 116 cm³/mol. The molecule has 1 saturated heterocycles. The molecule has 1 saturated carbocycles. The van der Waals surface area contributed by atoms with Gasteiger partial charge in [0.05, 0.1) is 30.3 Å². The molecule has 1 amide bonds. The minimum Gasteiger partial charge on any atom is -0.465 e. The Hall–Kier alpha value is -3.20. The first-order valence-electron chi connectivity index (χ1n) is 11.2. The second kappa shape index (κ2) is 8.23. The Labute approximate surface area is 195 Å². The highest BCUT2D eigenvalue weighted by Gasteiger charge is 2.53. The van der Waals surface area contributed by atoms with Gasteiger partial charge in [-0.3, -0.25) is 4.79 Å². The molecule has 5 rings (SSSR count). The summed E-state index contributed by atoms with van der Waals surface area (Å²) < 4.78 is 46.6. The van der Waals surface area contributed by atoms with Gasteiger partial charge in [-0.15, -0.1) is 8.78 Å². The van der Waals surface area contributed by atoms with Crippen molar-refractivity contribution in [3.63, 3.8) is 0 Å². The third kappa shape index (κ3) is 4.20. The van der Waals surface area contributed by atoms with Crippen molar-refractivity contribution in [3.8, 4) is 11.5 Å². The smallest absolute Gasteiger partial charge is 0.465 e. The highest BCUT2D eigenvalue weighted by atomic mass is 19.3. The molecule has 3 atom stereocenters. The Balaban J connectivity index is 1.28. The van der Waals surface area contributed by atoms with Gasteiger partial charge in [0.2, 0.25) is 5.91 Å². The minimum absolute atomic E-state index is 0.0377. The highest BCUT2D eigenvalue weighted by Crippen LogP contribution is 2.52. The lowest BCUT2D eigenvalue weighted by atomic mass is 9.91. The summed E-state index contributed by atoms with van der Waals surface area (Å²) in [5.74, 6) is -0.630. The van der Waals surface area contributed by atoms with Crippen molar-refractivity contribution < 1.29 is 37.3 Å². The van der Waals surface area contributed by atoms with Crippen LogP contribution in [0.3, 0.4) is 0 Å². The molecular formula is C25H25F2NO6. The van der Waals surface area contributed by atoms with Gasteiger partial charge in [-0.05, 0) is 68.0 Å².